The van der Waals surface area contributed by atoms with Gasteiger partial charge in [0.15, 0.2) is 17.6 Å². The summed E-state index contributed by atoms with van der Waals surface area (Å²) in [6.45, 7) is 4.77. The van der Waals surface area contributed by atoms with E-state index in [1.807, 2.05) is 0 Å². The zero-order valence-corrected chi connectivity index (χ0v) is 8.02. The average molecular weight is 185 g/mol. The van der Waals surface area contributed by atoms with Gasteiger partial charge in [0.05, 0.1) is 0 Å². The van der Waals surface area contributed by atoms with Gasteiger partial charge in [-0.25, -0.2) is 4.90 Å². The van der Waals surface area contributed by atoms with Crippen molar-refractivity contribution >= 4 is 0 Å². The molecule has 0 amide bonds. The first-order chi connectivity index (χ1) is 6.08. The molecule has 0 aromatic carbocycles. The lowest BCUT2D eigenvalue weighted by Gasteiger charge is -2.20. The van der Waals surface area contributed by atoms with Crippen molar-refractivity contribution in [2.24, 2.45) is 0 Å². The van der Waals surface area contributed by atoms with Gasteiger partial charge < -0.3 is 15.3 Å². The molecule has 0 spiro atoms. The molecule has 74 valence electrons. The van der Waals surface area contributed by atoms with Gasteiger partial charge in [0, 0.05) is 0 Å². The van der Waals surface area contributed by atoms with Crippen molar-refractivity contribution in [1.82, 2.24) is 4.90 Å². The zero-order valence-electron chi connectivity index (χ0n) is 8.02. The van der Waals surface area contributed by atoms with Crippen LogP contribution in [-0.2, 0) is 0 Å². The van der Waals surface area contributed by atoms with Crippen molar-refractivity contribution in [3.63, 3.8) is 0 Å². The fourth-order valence-corrected chi connectivity index (χ4v) is 0.739. The third kappa shape index (κ3) is 2.74. The van der Waals surface area contributed by atoms with E-state index >= 15 is 0 Å². The van der Waals surface area contributed by atoms with Crippen LogP contribution in [0.1, 0.15) is 20.8 Å². The van der Waals surface area contributed by atoms with Crippen LogP contribution in [0.25, 0.3) is 0 Å². The summed E-state index contributed by atoms with van der Waals surface area (Å²) in [4.78, 5) is 0.917. The Morgan fingerprint density at radius 1 is 0.769 bits per heavy atom. The molecule has 13 heavy (non-hydrogen) atoms. The standard InChI is InChI=1S/C9H15NO3/c1-4-7(11)10(8(12)5-2)9(13)6-3/h4-6,11-13H,1-3H3. The van der Waals surface area contributed by atoms with E-state index in [2.05, 4.69) is 0 Å². The van der Waals surface area contributed by atoms with Crippen LogP contribution in [0.15, 0.2) is 35.9 Å². The van der Waals surface area contributed by atoms with Crippen molar-refractivity contribution in [3.8, 4) is 0 Å². The van der Waals surface area contributed by atoms with Crippen LogP contribution < -0.4 is 0 Å². The second-order valence-electron chi connectivity index (χ2n) is 2.28. The minimum Gasteiger partial charge on any atom is -0.494 e. The second kappa shape index (κ2) is 5.13. The van der Waals surface area contributed by atoms with Gasteiger partial charge in [-0.15, -0.1) is 0 Å². The summed E-state index contributed by atoms with van der Waals surface area (Å²) in [6, 6.07) is 0. The topological polar surface area (TPSA) is 63.9 Å². The number of hydrogen-bond donors (Lipinski definition) is 3. The molecule has 0 aromatic heterocycles. The lowest BCUT2D eigenvalue weighted by atomic mass is 10.4. The molecule has 0 radical (unpaired) electrons. The average Bonchev–Trinajstić information content (AvgIpc) is 2.16. The van der Waals surface area contributed by atoms with Crippen LogP contribution in [0.3, 0.4) is 0 Å². The first-order valence-electron chi connectivity index (χ1n) is 3.94. The predicted octanol–water partition coefficient (Wildman–Crippen LogP) is 2.55. The minimum atomic E-state index is -0.230. The molecule has 0 aliphatic rings. The van der Waals surface area contributed by atoms with Gasteiger partial charge in [-0.3, -0.25) is 0 Å². The summed E-state index contributed by atoms with van der Waals surface area (Å²) in [5.41, 5.74) is 0. The monoisotopic (exact) mass is 185 g/mol. The molecular formula is C9H15NO3. The molecule has 0 rings (SSSR count). The maximum absolute atomic E-state index is 9.31. The lowest BCUT2D eigenvalue weighted by molar-refractivity contribution is 0.136. The normalized spacial score (nSPS) is 14.5. The van der Waals surface area contributed by atoms with Crippen molar-refractivity contribution < 1.29 is 15.3 Å². The van der Waals surface area contributed by atoms with Crippen LogP contribution in [0.5, 0.6) is 0 Å². The van der Waals surface area contributed by atoms with E-state index in [4.69, 9.17) is 0 Å². The molecule has 3 N–H and O–H groups in total. The predicted molar refractivity (Wildman–Crippen MR) is 51.0 cm³/mol. The van der Waals surface area contributed by atoms with E-state index in [9.17, 15) is 15.3 Å². The van der Waals surface area contributed by atoms with Gasteiger partial charge >= 0.3 is 0 Å². The molecule has 0 saturated heterocycles. The Morgan fingerprint density at radius 2 is 1.00 bits per heavy atom. The Balaban J connectivity index is 4.99. The number of allylic oxidation sites excluding steroid dienone is 3. The second-order valence-corrected chi connectivity index (χ2v) is 2.28. The van der Waals surface area contributed by atoms with Crippen molar-refractivity contribution in [2.45, 2.75) is 20.8 Å². The van der Waals surface area contributed by atoms with E-state index < -0.39 is 0 Å². The highest BCUT2D eigenvalue weighted by molar-refractivity contribution is 5.10. The van der Waals surface area contributed by atoms with Crippen molar-refractivity contribution in [1.29, 1.82) is 0 Å². The van der Waals surface area contributed by atoms with Crippen LogP contribution >= 0.6 is 0 Å². The van der Waals surface area contributed by atoms with Crippen LogP contribution in [0.4, 0.5) is 0 Å². The first kappa shape index (κ1) is 11.4. The molecule has 0 bridgehead atoms. The Morgan fingerprint density at radius 3 is 1.15 bits per heavy atom. The Labute approximate surface area is 77.7 Å². The van der Waals surface area contributed by atoms with E-state index in [1.165, 1.54) is 18.2 Å². The summed E-state index contributed by atoms with van der Waals surface area (Å²) < 4.78 is 0. The highest BCUT2D eigenvalue weighted by Gasteiger charge is 2.15. The molecule has 0 fully saturated rings. The van der Waals surface area contributed by atoms with Crippen molar-refractivity contribution in [3.05, 3.63) is 35.9 Å². The Hall–Kier alpha value is -1.58. The maximum atomic E-state index is 9.31. The number of hydrogen-bond acceptors (Lipinski definition) is 4. The van der Waals surface area contributed by atoms with Crippen LogP contribution in [-0.4, -0.2) is 20.2 Å². The molecule has 4 nitrogen and oxygen atoms in total. The van der Waals surface area contributed by atoms with Crippen molar-refractivity contribution in [2.75, 3.05) is 0 Å². The SMILES string of the molecule is CC=C(O)N(C(O)=CC)C(O)=CC. The summed E-state index contributed by atoms with van der Waals surface area (Å²) >= 11 is 0. The van der Waals surface area contributed by atoms with E-state index in [0.29, 0.717) is 0 Å². The lowest BCUT2D eigenvalue weighted by Crippen LogP contribution is -2.21. The highest BCUT2D eigenvalue weighted by atomic mass is 16.3. The van der Waals surface area contributed by atoms with Gasteiger partial charge in [-0.2, -0.15) is 0 Å². The number of aliphatic hydroxyl groups excluding tert-OH is 3. The molecule has 0 unspecified atom stereocenters. The summed E-state index contributed by atoms with van der Waals surface area (Å²) in [6.07, 6.45) is 4.08. The van der Waals surface area contributed by atoms with Gasteiger partial charge in [0.1, 0.15) is 0 Å². The summed E-state index contributed by atoms with van der Waals surface area (Å²) in [7, 11) is 0. The van der Waals surface area contributed by atoms with Gasteiger partial charge in [-0.05, 0) is 39.0 Å². The van der Waals surface area contributed by atoms with Crippen LogP contribution in [0.2, 0.25) is 0 Å². The quantitative estimate of drug-likeness (QED) is 0.591. The number of rotatable bonds is 3. The zero-order chi connectivity index (χ0) is 10.4. The molecule has 0 aliphatic heterocycles. The molecule has 0 aliphatic carbocycles. The molecular weight excluding hydrogens is 170 g/mol. The summed E-state index contributed by atoms with van der Waals surface area (Å²) in [5.74, 6) is -0.691. The molecule has 4 heteroatoms. The van der Waals surface area contributed by atoms with E-state index in [1.54, 1.807) is 20.8 Å². The third-order valence-corrected chi connectivity index (χ3v) is 1.46. The van der Waals surface area contributed by atoms with Gasteiger partial charge in [-0.1, -0.05) is 0 Å². The fourth-order valence-electron chi connectivity index (χ4n) is 0.739. The smallest absolute Gasteiger partial charge is 0.196 e. The van der Waals surface area contributed by atoms with E-state index in [0.717, 1.165) is 4.90 Å². The van der Waals surface area contributed by atoms with Gasteiger partial charge in [0.25, 0.3) is 0 Å². The Kier molecular flexibility index (Phi) is 4.51. The Bertz CT molecular complexity index is 211. The van der Waals surface area contributed by atoms with E-state index in [-0.39, 0.29) is 17.6 Å². The summed E-state index contributed by atoms with van der Waals surface area (Å²) in [5, 5.41) is 27.9. The largest absolute Gasteiger partial charge is 0.494 e. The fraction of sp³-hybridized carbons (Fsp3) is 0.333. The van der Waals surface area contributed by atoms with Crippen LogP contribution in [0, 0.1) is 0 Å². The van der Waals surface area contributed by atoms with Gasteiger partial charge in [0.2, 0.25) is 0 Å². The molecule has 0 heterocycles. The molecule has 0 atom stereocenters. The first-order valence-corrected chi connectivity index (χ1v) is 3.94. The third-order valence-electron chi connectivity index (χ3n) is 1.46. The minimum absolute atomic E-state index is 0.230. The number of nitrogens with zero attached hydrogens (tertiary/aromatic N) is 1. The maximum Gasteiger partial charge on any atom is 0.196 e. The highest BCUT2D eigenvalue weighted by Crippen LogP contribution is 2.14. The molecule has 0 aromatic rings. The molecule has 0 saturated carbocycles. The number of aliphatic hydroxyl groups is 3.